The van der Waals surface area contributed by atoms with Gasteiger partial charge in [0.25, 0.3) is 0 Å². The summed E-state index contributed by atoms with van der Waals surface area (Å²) in [5.74, 6) is -0.660. The summed E-state index contributed by atoms with van der Waals surface area (Å²) in [5.41, 5.74) is 0.546. The second-order valence-electron chi connectivity index (χ2n) is 4.07. The Morgan fingerprint density at radius 1 is 1.37 bits per heavy atom. The van der Waals surface area contributed by atoms with E-state index in [0.717, 1.165) is 0 Å². The van der Waals surface area contributed by atoms with Gasteiger partial charge in [-0.1, -0.05) is 12.1 Å². The van der Waals surface area contributed by atoms with E-state index in [9.17, 15) is 9.18 Å². The van der Waals surface area contributed by atoms with E-state index in [2.05, 4.69) is 15.3 Å². The third-order valence-electron chi connectivity index (χ3n) is 2.68. The van der Waals surface area contributed by atoms with Crippen LogP contribution in [0, 0.1) is 0 Å². The zero-order valence-corrected chi connectivity index (χ0v) is 10.3. The van der Waals surface area contributed by atoms with Crippen molar-refractivity contribution in [3.8, 4) is 0 Å². The number of rotatable bonds is 6. The minimum absolute atomic E-state index is 0.145. The van der Waals surface area contributed by atoms with E-state index in [-0.39, 0.29) is 12.2 Å². The maximum absolute atomic E-state index is 11.9. The molecule has 0 saturated carbocycles. The molecule has 0 aliphatic heterocycles. The van der Waals surface area contributed by atoms with E-state index in [1.165, 1.54) is 6.07 Å². The van der Waals surface area contributed by atoms with Gasteiger partial charge < -0.3 is 10.4 Å². The van der Waals surface area contributed by atoms with Crippen molar-refractivity contribution < 1.29 is 14.3 Å². The third kappa shape index (κ3) is 3.15. The molecule has 0 saturated heterocycles. The Morgan fingerprint density at radius 2 is 2.21 bits per heavy atom. The zero-order valence-electron chi connectivity index (χ0n) is 10.3. The summed E-state index contributed by atoms with van der Waals surface area (Å²) in [6.45, 7) is 0.216. The van der Waals surface area contributed by atoms with E-state index >= 15 is 0 Å². The predicted molar refractivity (Wildman–Crippen MR) is 70.2 cm³/mol. The lowest BCUT2D eigenvalue weighted by Gasteiger charge is -2.06. The van der Waals surface area contributed by atoms with Crippen molar-refractivity contribution in [2.45, 2.75) is 12.8 Å². The normalized spacial score (nSPS) is 10.6. The van der Waals surface area contributed by atoms with Gasteiger partial charge in [0.05, 0.1) is 17.8 Å². The number of carboxylic acids is 1. The molecule has 0 fully saturated rings. The lowest BCUT2D eigenvalue weighted by molar-refractivity contribution is 0.0699. The van der Waals surface area contributed by atoms with Crippen LogP contribution in [0.2, 0.25) is 0 Å². The summed E-state index contributed by atoms with van der Waals surface area (Å²) in [7, 11) is 0. The van der Waals surface area contributed by atoms with Crippen molar-refractivity contribution in [2.24, 2.45) is 0 Å². The van der Waals surface area contributed by atoms with Gasteiger partial charge in [-0.15, -0.1) is 0 Å². The molecule has 1 aromatic carbocycles. The predicted octanol–water partition coefficient (Wildman–Crippen LogP) is 2.49. The second-order valence-corrected chi connectivity index (χ2v) is 4.07. The number of aromatic carboxylic acids is 1. The summed E-state index contributed by atoms with van der Waals surface area (Å²) in [5, 5.41) is 12.7. The lowest BCUT2D eigenvalue weighted by atomic mass is 10.1. The molecule has 2 rings (SSSR count). The quantitative estimate of drug-likeness (QED) is 0.783. The maximum atomic E-state index is 11.9. The number of alkyl halides is 1. The molecular formula is C13H14FN3O2. The highest BCUT2D eigenvalue weighted by molar-refractivity contribution is 6.01. The van der Waals surface area contributed by atoms with Gasteiger partial charge in [-0.3, -0.25) is 4.39 Å². The number of unbranched alkanes of at least 4 members (excludes halogenated alkanes) is 1. The topological polar surface area (TPSA) is 75.1 Å². The van der Waals surface area contributed by atoms with Crippen LogP contribution in [0.4, 0.5) is 10.3 Å². The number of nitrogens with one attached hydrogen (secondary N) is 1. The summed E-state index contributed by atoms with van der Waals surface area (Å²) in [6, 6.07) is 4.92. The van der Waals surface area contributed by atoms with Crippen LogP contribution in [-0.2, 0) is 0 Å². The molecule has 2 N–H and O–H groups in total. The average molecular weight is 263 g/mol. The van der Waals surface area contributed by atoms with Crippen LogP contribution in [0.5, 0.6) is 0 Å². The van der Waals surface area contributed by atoms with Crippen molar-refractivity contribution >= 4 is 22.8 Å². The lowest BCUT2D eigenvalue weighted by Crippen LogP contribution is -2.07. The van der Waals surface area contributed by atoms with Crippen LogP contribution in [0.15, 0.2) is 24.4 Å². The number of nitrogens with zero attached hydrogens (tertiary/aromatic N) is 2. The summed E-state index contributed by atoms with van der Waals surface area (Å²) >= 11 is 0. The van der Waals surface area contributed by atoms with Gasteiger partial charge in [0.2, 0.25) is 5.95 Å². The summed E-state index contributed by atoms with van der Waals surface area (Å²) in [4.78, 5) is 19.4. The van der Waals surface area contributed by atoms with Crippen LogP contribution in [-0.4, -0.2) is 34.3 Å². The molecule has 0 amide bonds. The Kier molecular flexibility index (Phi) is 4.22. The first-order valence-corrected chi connectivity index (χ1v) is 6.01. The fourth-order valence-electron chi connectivity index (χ4n) is 1.73. The number of hydrogen-bond donors (Lipinski definition) is 2. The highest BCUT2D eigenvalue weighted by Gasteiger charge is 2.10. The van der Waals surface area contributed by atoms with Crippen molar-refractivity contribution in [3.05, 3.63) is 30.0 Å². The van der Waals surface area contributed by atoms with Crippen LogP contribution < -0.4 is 5.32 Å². The molecule has 1 aromatic heterocycles. The van der Waals surface area contributed by atoms with E-state index in [4.69, 9.17) is 5.11 Å². The molecule has 6 heteroatoms. The number of carbonyl (C=O) groups is 1. The number of hydrogen-bond acceptors (Lipinski definition) is 4. The Bertz CT molecular complexity index is 589. The Morgan fingerprint density at radius 3 is 2.95 bits per heavy atom. The minimum Gasteiger partial charge on any atom is -0.478 e. The number of benzene rings is 1. The van der Waals surface area contributed by atoms with Gasteiger partial charge in [0.15, 0.2) is 0 Å². The van der Waals surface area contributed by atoms with Gasteiger partial charge >= 0.3 is 5.97 Å². The van der Waals surface area contributed by atoms with Gasteiger partial charge in [-0.2, -0.15) is 0 Å². The van der Waals surface area contributed by atoms with Crippen LogP contribution in [0.3, 0.4) is 0 Å². The van der Waals surface area contributed by atoms with Crippen molar-refractivity contribution in [2.75, 3.05) is 18.5 Å². The molecule has 2 aromatic rings. The van der Waals surface area contributed by atoms with E-state index in [0.29, 0.717) is 36.2 Å². The first-order chi connectivity index (χ1) is 9.22. The average Bonchev–Trinajstić information content (AvgIpc) is 2.42. The number of halogens is 1. The first kappa shape index (κ1) is 13.2. The molecule has 1 heterocycles. The van der Waals surface area contributed by atoms with Crippen molar-refractivity contribution in [1.82, 2.24) is 9.97 Å². The van der Waals surface area contributed by atoms with E-state index < -0.39 is 5.97 Å². The Balaban J connectivity index is 2.23. The second kappa shape index (κ2) is 6.08. The van der Waals surface area contributed by atoms with Crippen LogP contribution in [0.25, 0.3) is 10.9 Å². The molecule has 0 radical (unpaired) electrons. The SMILES string of the molecule is O=C(O)c1cccc2cnc(NCCCCF)nc12. The Hall–Kier alpha value is -2.24. The van der Waals surface area contributed by atoms with Gasteiger partial charge in [0, 0.05) is 18.1 Å². The molecule has 0 bridgehead atoms. The standard InChI is InChI=1S/C13H14FN3O2/c14-6-1-2-7-15-13-16-8-9-4-3-5-10(12(18)19)11(9)17-13/h3-5,8H,1-2,6-7H2,(H,18,19)(H,15,16,17). The fraction of sp³-hybridized carbons (Fsp3) is 0.308. The van der Waals surface area contributed by atoms with E-state index in [1.54, 1.807) is 18.3 Å². The first-order valence-electron chi connectivity index (χ1n) is 6.01. The molecule has 0 atom stereocenters. The highest BCUT2D eigenvalue weighted by Crippen LogP contribution is 2.17. The fourth-order valence-corrected chi connectivity index (χ4v) is 1.73. The van der Waals surface area contributed by atoms with Crippen molar-refractivity contribution in [3.63, 3.8) is 0 Å². The molecule has 0 spiro atoms. The maximum Gasteiger partial charge on any atom is 0.337 e. The molecule has 0 aliphatic rings. The number of carboxylic acid groups (broad SMARTS) is 1. The molecule has 19 heavy (non-hydrogen) atoms. The number of anilines is 1. The molecule has 100 valence electrons. The van der Waals surface area contributed by atoms with Gasteiger partial charge in [-0.05, 0) is 18.9 Å². The van der Waals surface area contributed by atoms with Gasteiger partial charge in [0.1, 0.15) is 0 Å². The monoisotopic (exact) mass is 263 g/mol. The smallest absolute Gasteiger partial charge is 0.337 e. The third-order valence-corrected chi connectivity index (χ3v) is 2.68. The van der Waals surface area contributed by atoms with Crippen LogP contribution in [0.1, 0.15) is 23.2 Å². The Labute approximate surface area is 109 Å². The number of aromatic nitrogens is 2. The summed E-state index contributed by atoms with van der Waals surface area (Å²) in [6.07, 6.45) is 2.74. The number of para-hydroxylation sites is 1. The van der Waals surface area contributed by atoms with Crippen molar-refractivity contribution in [1.29, 1.82) is 0 Å². The summed E-state index contributed by atoms with van der Waals surface area (Å²) < 4.78 is 11.9. The zero-order chi connectivity index (χ0) is 13.7. The van der Waals surface area contributed by atoms with Crippen LogP contribution >= 0.6 is 0 Å². The number of fused-ring (bicyclic) bond motifs is 1. The largest absolute Gasteiger partial charge is 0.478 e. The molecular weight excluding hydrogens is 249 g/mol. The van der Waals surface area contributed by atoms with Gasteiger partial charge in [-0.25, -0.2) is 14.8 Å². The minimum atomic E-state index is -1.02. The molecule has 0 aliphatic carbocycles. The molecule has 0 unspecified atom stereocenters. The highest BCUT2D eigenvalue weighted by atomic mass is 19.1. The van der Waals surface area contributed by atoms with E-state index in [1.807, 2.05) is 0 Å². The molecule has 5 nitrogen and oxygen atoms in total.